The van der Waals surface area contributed by atoms with Crippen molar-refractivity contribution in [2.75, 3.05) is 0 Å². The normalized spacial score (nSPS) is 10.7. The lowest BCUT2D eigenvalue weighted by atomic mass is 10.3. The number of rotatable bonds is 2. The quantitative estimate of drug-likeness (QED) is 0.585. The topological polar surface area (TPSA) is 38.7 Å². The standard InChI is InChI=1S/C8H3ClF3NO2/c9-6-2-1-5(13-4-14)3-7(6)15-8(10,11)12/h1-3H. The molecule has 0 bridgehead atoms. The lowest BCUT2D eigenvalue weighted by molar-refractivity contribution is -0.274. The van der Waals surface area contributed by atoms with E-state index in [1.165, 1.54) is 12.1 Å². The van der Waals surface area contributed by atoms with Crippen molar-refractivity contribution in [3.63, 3.8) is 0 Å². The first-order valence-corrected chi connectivity index (χ1v) is 3.93. The van der Waals surface area contributed by atoms with Gasteiger partial charge in [0, 0.05) is 6.07 Å². The zero-order valence-corrected chi connectivity index (χ0v) is 7.76. The fraction of sp³-hybridized carbons (Fsp3) is 0.125. The van der Waals surface area contributed by atoms with E-state index >= 15 is 0 Å². The fourth-order valence-corrected chi connectivity index (χ4v) is 0.973. The summed E-state index contributed by atoms with van der Waals surface area (Å²) in [6, 6.07) is 3.29. The highest BCUT2D eigenvalue weighted by molar-refractivity contribution is 6.32. The molecule has 0 saturated heterocycles. The fourth-order valence-electron chi connectivity index (χ4n) is 0.817. The number of benzene rings is 1. The van der Waals surface area contributed by atoms with Gasteiger partial charge in [0.2, 0.25) is 6.08 Å². The average molecular weight is 238 g/mol. The van der Waals surface area contributed by atoms with Crippen LogP contribution in [0.25, 0.3) is 0 Å². The summed E-state index contributed by atoms with van der Waals surface area (Å²) in [7, 11) is 0. The van der Waals surface area contributed by atoms with Gasteiger partial charge in [-0.15, -0.1) is 13.2 Å². The Morgan fingerprint density at radius 3 is 2.60 bits per heavy atom. The summed E-state index contributed by atoms with van der Waals surface area (Å²) in [6.45, 7) is 0. The molecule has 1 rings (SSSR count). The molecule has 0 heterocycles. The maximum Gasteiger partial charge on any atom is 0.573 e. The Hall–Kier alpha value is -1.52. The number of nitrogens with zero attached hydrogens (tertiary/aromatic N) is 1. The number of aliphatic imine (C=N–C) groups is 1. The molecule has 1 aromatic carbocycles. The Morgan fingerprint density at radius 1 is 1.40 bits per heavy atom. The van der Waals surface area contributed by atoms with Crippen LogP contribution in [0.15, 0.2) is 23.2 Å². The summed E-state index contributed by atoms with van der Waals surface area (Å²) in [6.07, 6.45) is -3.65. The molecule has 0 radical (unpaired) electrons. The van der Waals surface area contributed by atoms with Crippen LogP contribution in [0, 0.1) is 0 Å². The summed E-state index contributed by atoms with van der Waals surface area (Å²) in [5, 5.41) is -0.225. The number of ether oxygens (including phenoxy) is 1. The van der Waals surface area contributed by atoms with Crippen molar-refractivity contribution in [3.8, 4) is 5.75 Å². The number of hydrogen-bond donors (Lipinski definition) is 0. The minimum absolute atomic E-state index is 0.0198. The van der Waals surface area contributed by atoms with Crippen molar-refractivity contribution in [3.05, 3.63) is 23.2 Å². The molecule has 0 aliphatic heterocycles. The number of alkyl halides is 3. The molecule has 0 saturated carbocycles. The summed E-state index contributed by atoms with van der Waals surface area (Å²) in [5.74, 6) is -0.610. The van der Waals surface area contributed by atoms with Crippen molar-refractivity contribution in [1.82, 2.24) is 0 Å². The van der Waals surface area contributed by atoms with Crippen LogP contribution in [0.5, 0.6) is 5.75 Å². The van der Waals surface area contributed by atoms with E-state index < -0.39 is 12.1 Å². The molecule has 0 aromatic heterocycles. The Labute approximate surface area is 87.1 Å². The monoisotopic (exact) mass is 237 g/mol. The zero-order chi connectivity index (χ0) is 11.5. The average Bonchev–Trinajstić information content (AvgIpc) is 2.09. The summed E-state index contributed by atoms with van der Waals surface area (Å²) < 4.78 is 39.1. The number of halogens is 4. The second-order valence-corrected chi connectivity index (χ2v) is 2.77. The Balaban J connectivity index is 3.05. The maximum atomic E-state index is 11.9. The first-order chi connectivity index (χ1) is 6.92. The largest absolute Gasteiger partial charge is 0.573 e. The minimum atomic E-state index is -4.84. The Kier molecular flexibility index (Phi) is 3.34. The predicted octanol–water partition coefficient (Wildman–Crippen LogP) is 3.21. The molecular weight excluding hydrogens is 235 g/mol. The molecule has 0 N–H and O–H groups in total. The summed E-state index contributed by atoms with van der Waals surface area (Å²) in [4.78, 5) is 13.0. The van der Waals surface area contributed by atoms with Gasteiger partial charge >= 0.3 is 6.36 Å². The summed E-state index contributed by atoms with van der Waals surface area (Å²) in [5.41, 5.74) is -0.0198. The van der Waals surface area contributed by atoms with Crippen molar-refractivity contribution >= 4 is 23.4 Å². The molecule has 0 fully saturated rings. The van der Waals surface area contributed by atoms with Gasteiger partial charge in [-0.25, -0.2) is 4.79 Å². The van der Waals surface area contributed by atoms with Gasteiger partial charge in [0.25, 0.3) is 0 Å². The van der Waals surface area contributed by atoms with Crippen molar-refractivity contribution in [2.24, 2.45) is 4.99 Å². The van der Waals surface area contributed by atoms with Gasteiger partial charge in [0.15, 0.2) is 0 Å². The smallest absolute Gasteiger partial charge is 0.404 e. The van der Waals surface area contributed by atoms with Crippen molar-refractivity contribution in [2.45, 2.75) is 6.36 Å². The highest BCUT2D eigenvalue weighted by Gasteiger charge is 2.32. The number of carbonyl (C=O) groups excluding carboxylic acids is 1. The van der Waals surface area contributed by atoms with E-state index in [1.807, 2.05) is 0 Å². The van der Waals surface area contributed by atoms with Crippen molar-refractivity contribution < 1.29 is 22.7 Å². The SMILES string of the molecule is O=C=Nc1ccc(Cl)c(OC(F)(F)F)c1. The zero-order valence-electron chi connectivity index (χ0n) is 7.01. The van der Waals surface area contributed by atoms with E-state index in [2.05, 4.69) is 9.73 Å². The minimum Gasteiger partial charge on any atom is -0.404 e. The van der Waals surface area contributed by atoms with E-state index in [1.54, 1.807) is 0 Å². The van der Waals surface area contributed by atoms with Crippen LogP contribution in [0.4, 0.5) is 18.9 Å². The van der Waals surface area contributed by atoms with Crippen LogP contribution in [-0.4, -0.2) is 12.4 Å². The van der Waals surface area contributed by atoms with Gasteiger partial charge in [0.05, 0.1) is 10.7 Å². The maximum absolute atomic E-state index is 11.9. The van der Waals surface area contributed by atoms with Crippen LogP contribution in [0.3, 0.4) is 0 Å². The molecule has 0 amide bonds. The molecule has 0 unspecified atom stereocenters. The molecule has 0 aliphatic rings. The van der Waals surface area contributed by atoms with E-state index in [4.69, 9.17) is 11.6 Å². The Morgan fingerprint density at radius 2 is 2.07 bits per heavy atom. The second kappa shape index (κ2) is 4.33. The van der Waals surface area contributed by atoms with Gasteiger partial charge < -0.3 is 4.74 Å². The molecule has 7 heteroatoms. The lowest BCUT2D eigenvalue weighted by Crippen LogP contribution is -2.17. The number of hydrogen-bond acceptors (Lipinski definition) is 3. The predicted molar refractivity (Wildman–Crippen MR) is 45.9 cm³/mol. The second-order valence-electron chi connectivity index (χ2n) is 2.37. The molecule has 0 atom stereocenters. The molecule has 80 valence electrons. The molecular formula is C8H3ClF3NO2. The van der Waals surface area contributed by atoms with Crippen LogP contribution in [-0.2, 0) is 4.79 Å². The molecule has 3 nitrogen and oxygen atoms in total. The summed E-state index contributed by atoms with van der Waals surface area (Å²) >= 11 is 5.44. The van der Waals surface area contributed by atoms with Gasteiger partial charge in [-0.05, 0) is 12.1 Å². The third-order valence-electron chi connectivity index (χ3n) is 1.32. The molecule has 0 aliphatic carbocycles. The molecule has 0 spiro atoms. The lowest BCUT2D eigenvalue weighted by Gasteiger charge is -2.10. The first-order valence-electron chi connectivity index (χ1n) is 3.55. The van der Waals surface area contributed by atoms with E-state index in [-0.39, 0.29) is 10.7 Å². The van der Waals surface area contributed by atoms with Gasteiger partial charge in [-0.2, -0.15) is 4.99 Å². The van der Waals surface area contributed by atoms with E-state index in [9.17, 15) is 18.0 Å². The van der Waals surface area contributed by atoms with Crippen LogP contribution >= 0.6 is 11.6 Å². The third kappa shape index (κ3) is 3.61. The van der Waals surface area contributed by atoms with Crippen LogP contribution in [0.1, 0.15) is 0 Å². The molecule has 15 heavy (non-hydrogen) atoms. The van der Waals surface area contributed by atoms with E-state index in [0.717, 1.165) is 12.1 Å². The Bertz CT molecular complexity index is 413. The number of isocyanates is 1. The van der Waals surface area contributed by atoms with Crippen molar-refractivity contribution in [1.29, 1.82) is 0 Å². The van der Waals surface area contributed by atoms with Gasteiger partial charge in [0.1, 0.15) is 5.75 Å². The van der Waals surface area contributed by atoms with Crippen LogP contribution < -0.4 is 4.74 Å². The third-order valence-corrected chi connectivity index (χ3v) is 1.63. The van der Waals surface area contributed by atoms with Gasteiger partial charge in [-0.3, -0.25) is 0 Å². The first kappa shape index (κ1) is 11.6. The highest BCUT2D eigenvalue weighted by atomic mass is 35.5. The van der Waals surface area contributed by atoms with Crippen LogP contribution in [0.2, 0.25) is 5.02 Å². The highest BCUT2D eigenvalue weighted by Crippen LogP contribution is 2.33. The van der Waals surface area contributed by atoms with Gasteiger partial charge in [-0.1, -0.05) is 11.6 Å². The van der Waals surface area contributed by atoms with E-state index in [0.29, 0.717) is 0 Å². The molecule has 1 aromatic rings.